The Bertz CT molecular complexity index is 267. The summed E-state index contributed by atoms with van der Waals surface area (Å²) >= 11 is 1.74. The zero-order chi connectivity index (χ0) is 16.1. The fourth-order valence-corrected chi connectivity index (χ4v) is 2.79. The molecule has 1 atom stereocenters. The number of unbranched alkanes of at least 4 members (excludes halogenated alkanes) is 4. The summed E-state index contributed by atoms with van der Waals surface area (Å²) in [6.45, 7) is 5.55. The summed E-state index contributed by atoms with van der Waals surface area (Å²) in [5, 5.41) is 0.271. The molecule has 0 aliphatic carbocycles. The Balaban J connectivity index is 3.42. The highest BCUT2D eigenvalue weighted by Crippen LogP contribution is 2.21. The summed E-state index contributed by atoms with van der Waals surface area (Å²) < 4.78 is 30.4. The van der Waals surface area contributed by atoms with Crippen LogP contribution in [0.4, 0.5) is 8.78 Å². The van der Waals surface area contributed by atoms with Crippen LogP contribution in [0.15, 0.2) is 0 Å². The number of ether oxygens (including phenoxy) is 1. The van der Waals surface area contributed by atoms with E-state index in [0.717, 1.165) is 44.8 Å². The molecule has 2 nitrogen and oxygen atoms in total. The summed E-state index contributed by atoms with van der Waals surface area (Å²) in [4.78, 5) is 11.4. The molecule has 21 heavy (non-hydrogen) atoms. The minimum atomic E-state index is -2.54. The van der Waals surface area contributed by atoms with Crippen LogP contribution in [-0.4, -0.2) is 29.5 Å². The van der Waals surface area contributed by atoms with E-state index in [2.05, 4.69) is 6.92 Å². The van der Waals surface area contributed by atoms with Crippen LogP contribution in [-0.2, 0) is 9.53 Å². The Morgan fingerprint density at radius 1 is 1.19 bits per heavy atom. The van der Waals surface area contributed by atoms with Gasteiger partial charge in [0.25, 0.3) is 0 Å². The topological polar surface area (TPSA) is 26.3 Å². The smallest absolute Gasteiger partial charge is 0.305 e. The number of carbonyl (C=O) groups excluding carboxylic acids is 1. The number of rotatable bonds is 13. The van der Waals surface area contributed by atoms with Crippen molar-refractivity contribution in [2.75, 3.05) is 12.4 Å². The SMILES string of the molecule is CCCCCC(=O)OCC(C)SCCCCCC(C)(F)F. The van der Waals surface area contributed by atoms with Gasteiger partial charge in [-0.1, -0.05) is 26.2 Å². The van der Waals surface area contributed by atoms with E-state index in [1.807, 2.05) is 6.92 Å². The number of hydrogen-bond donors (Lipinski definition) is 0. The van der Waals surface area contributed by atoms with Crippen LogP contribution in [0.1, 0.15) is 72.1 Å². The summed E-state index contributed by atoms with van der Waals surface area (Å²) in [5.41, 5.74) is 0. The van der Waals surface area contributed by atoms with Crippen molar-refractivity contribution in [1.29, 1.82) is 0 Å². The minimum absolute atomic E-state index is 0.0252. The van der Waals surface area contributed by atoms with Gasteiger partial charge in [-0.05, 0) is 38.9 Å². The van der Waals surface area contributed by atoms with Crippen molar-refractivity contribution in [1.82, 2.24) is 0 Å². The quantitative estimate of drug-likeness (QED) is 0.333. The van der Waals surface area contributed by atoms with Crippen LogP contribution in [0.2, 0.25) is 0 Å². The summed E-state index contributed by atoms with van der Waals surface area (Å²) in [7, 11) is 0. The number of hydrogen-bond acceptors (Lipinski definition) is 3. The standard InChI is InChI=1S/C16H30F2O2S/c1-4-5-7-10-15(19)20-13-14(2)21-12-9-6-8-11-16(3,17)18/h14H,4-13H2,1-3H3. The van der Waals surface area contributed by atoms with Crippen LogP contribution in [0.25, 0.3) is 0 Å². The molecule has 0 heterocycles. The van der Waals surface area contributed by atoms with Crippen molar-refractivity contribution in [2.24, 2.45) is 0 Å². The Morgan fingerprint density at radius 3 is 2.52 bits per heavy atom. The van der Waals surface area contributed by atoms with Gasteiger partial charge in [0.05, 0.1) is 0 Å². The lowest BCUT2D eigenvalue weighted by Crippen LogP contribution is -2.13. The van der Waals surface area contributed by atoms with Crippen LogP contribution < -0.4 is 0 Å². The van der Waals surface area contributed by atoms with Gasteiger partial charge in [0.15, 0.2) is 0 Å². The molecular formula is C16H30F2O2S. The molecule has 126 valence electrons. The van der Waals surface area contributed by atoms with E-state index in [0.29, 0.717) is 19.4 Å². The molecule has 5 heteroatoms. The van der Waals surface area contributed by atoms with E-state index in [1.54, 1.807) is 11.8 Å². The van der Waals surface area contributed by atoms with E-state index < -0.39 is 5.92 Å². The first kappa shape index (κ1) is 20.7. The first-order chi connectivity index (χ1) is 9.85. The van der Waals surface area contributed by atoms with Gasteiger partial charge in [-0.3, -0.25) is 4.79 Å². The van der Waals surface area contributed by atoms with Crippen molar-refractivity contribution < 1.29 is 18.3 Å². The summed E-state index contributed by atoms with van der Waals surface area (Å²) in [5.74, 6) is -1.71. The lowest BCUT2D eigenvalue weighted by atomic mass is 10.1. The van der Waals surface area contributed by atoms with Crippen molar-refractivity contribution in [3.05, 3.63) is 0 Å². The fraction of sp³-hybridized carbons (Fsp3) is 0.938. The molecule has 0 saturated heterocycles. The minimum Gasteiger partial charge on any atom is -0.465 e. The molecule has 1 unspecified atom stereocenters. The first-order valence-electron chi connectivity index (χ1n) is 8.00. The van der Waals surface area contributed by atoms with Crippen molar-refractivity contribution in [2.45, 2.75) is 83.3 Å². The van der Waals surface area contributed by atoms with Gasteiger partial charge in [0.2, 0.25) is 5.92 Å². The maximum absolute atomic E-state index is 12.6. The number of esters is 1. The molecule has 0 aliphatic heterocycles. The molecule has 0 radical (unpaired) electrons. The third-order valence-electron chi connectivity index (χ3n) is 3.13. The second-order valence-electron chi connectivity index (χ2n) is 5.70. The number of carbonyl (C=O) groups is 1. The zero-order valence-corrected chi connectivity index (χ0v) is 14.4. The lowest BCUT2D eigenvalue weighted by molar-refractivity contribution is -0.143. The maximum atomic E-state index is 12.6. The third kappa shape index (κ3) is 15.9. The first-order valence-corrected chi connectivity index (χ1v) is 9.05. The van der Waals surface area contributed by atoms with Gasteiger partial charge < -0.3 is 4.74 Å². The van der Waals surface area contributed by atoms with E-state index in [1.165, 1.54) is 0 Å². The van der Waals surface area contributed by atoms with Crippen LogP contribution in [0.3, 0.4) is 0 Å². The van der Waals surface area contributed by atoms with Gasteiger partial charge in [0, 0.05) is 18.1 Å². The molecule has 0 spiro atoms. The van der Waals surface area contributed by atoms with Gasteiger partial charge in [-0.25, -0.2) is 8.78 Å². The van der Waals surface area contributed by atoms with Gasteiger partial charge in [-0.2, -0.15) is 11.8 Å². The van der Waals surface area contributed by atoms with Crippen molar-refractivity contribution in [3.63, 3.8) is 0 Å². The summed E-state index contributed by atoms with van der Waals surface area (Å²) in [6.07, 6.45) is 5.90. The molecule has 0 aromatic rings. The maximum Gasteiger partial charge on any atom is 0.305 e. The second-order valence-corrected chi connectivity index (χ2v) is 7.25. The normalized spacial score (nSPS) is 13.2. The molecular weight excluding hydrogens is 294 g/mol. The van der Waals surface area contributed by atoms with Gasteiger partial charge in [-0.15, -0.1) is 0 Å². The average molecular weight is 324 g/mol. The molecule has 0 rings (SSSR count). The lowest BCUT2D eigenvalue weighted by Gasteiger charge is -2.12. The highest BCUT2D eigenvalue weighted by molar-refractivity contribution is 7.99. The van der Waals surface area contributed by atoms with Gasteiger partial charge in [0.1, 0.15) is 6.61 Å². The third-order valence-corrected chi connectivity index (χ3v) is 4.36. The number of halogens is 2. The predicted molar refractivity (Wildman–Crippen MR) is 86.1 cm³/mol. The van der Waals surface area contributed by atoms with Crippen molar-refractivity contribution >= 4 is 17.7 Å². The molecule has 0 fully saturated rings. The van der Waals surface area contributed by atoms with Crippen LogP contribution >= 0.6 is 11.8 Å². The average Bonchev–Trinajstić information content (AvgIpc) is 2.39. The Labute approximate surface area is 132 Å². The number of alkyl halides is 2. The molecule has 0 aromatic carbocycles. The van der Waals surface area contributed by atoms with E-state index in [-0.39, 0.29) is 17.6 Å². The molecule has 0 N–H and O–H groups in total. The predicted octanol–water partition coefficient (Wildman–Crippen LogP) is 5.45. The van der Waals surface area contributed by atoms with Gasteiger partial charge >= 0.3 is 5.97 Å². The fourth-order valence-electron chi connectivity index (χ4n) is 1.85. The molecule has 0 saturated carbocycles. The van der Waals surface area contributed by atoms with Crippen LogP contribution in [0, 0.1) is 0 Å². The monoisotopic (exact) mass is 324 g/mol. The van der Waals surface area contributed by atoms with E-state index in [9.17, 15) is 13.6 Å². The molecule has 0 aromatic heterocycles. The molecule has 0 bridgehead atoms. The largest absolute Gasteiger partial charge is 0.465 e. The Hall–Kier alpha value is -0.320. The second kappa shape index (κ2) is 12.2. The Kier molecular flexibility index (Phi) is 12.1. The van der Waals surface area contributed by atoms with Crippen molar-refractivity contribution in [3.8, 4) is 0 Å². The zero-order valence-electron chi connectivity index (χ0n) is 13.6. The van der Waals surface area contributed by atoms with E-state index >= 15 is 0 Å². The number of thioether (sulfide) groups is 1. The van der Waals surface area contributed by atoms with E-state index in [4.69, 9.17) is 4.74 Å². The van der Waals surface area contributed by atoms with Crippen LogP contribution in [0.5, 0.6) is 0 Å². The molecule has 0 aliphatic rings. The highest BCUT2D eigenvalue weighted by Gasteiger charge is 2.19. The molecule has 0 amide bonds. The summed E-state index contributed by atoms with van der Waals surface area (Å²) in [6, 6.07) is 0. The highest BCUT2D eigenvalue weighted by atomic mass is 32.2. The Morgan fingerprint density at radius 2 is 1.90 bits per heavy atom.